The van der Waals surface area contributed by atoms with Gasteiger partial charge in [-0.15, -0.1) is 0 Å². The van der Waals surface area contributed by atoms with Gasteiger partial charge in [-0.2, -0.15) is 0 Å². The highest BCUT2D eigenvalue weighted by atomic mass is 19.1. The van der Waals surface area contributed by atoms with Gasteiger partial charge in [-0.1, -0.05) is 6.07 Å². The summed E-state index contributed by atoms with van der Waals surface area (Å²) in [5.74, 6) is 0.314. The minimum atomic E-state index is -0.848. The van der Waals surface area contributed by atoms with Crippen LogP contribution in [-0.4, -0.2) is 64.3 Å². The van der Waals surface area contributed by atoms with Crippen LogP contribution in [0.3, 0.4) is 0 Å². The Morgan fingerprint density at radius 1 is 1.10 bits per heavy atom. The van der Waals surface area contributed by atoms with Gasteiger partial charge in [0, 0.05) is 38.2 Å². The van der Waals surface area contributed by atoms with Crippen molar-refractivity contribution < 1.29 is 23.4 Å². The van der Waals surface area contributed by atoms with Gasteiger partial charge >= 0.3 is 0 Å². The third-order valence-electron chi connectivity index (χ3n) is 6.59. The average Bonchev–Trinajstić information content (AvgIpc) is 3.45. The number of benzene rings is 1. The lowest BCUT2D eigenvalue weighted by Crippen LogP contribution is -2.48. The molecule has 3 N–H and O–H groups in total. The van der Waals surface area contributed by atoms with E-state index in [-0.39, 0.29) is 24.9 Å². The van der Waals surface area contributed by atoms with E-state index < -0.39 is 11.7 Å². The minimum absolute atomic E-state index is 0.144. The van der Waals surface area contributed by atoms with Crippen molar-refractivity contribution in [3.8, 4) is 22.6 Å². The summed E-state index contributed by atoms with van der Waals surface area (Å²) in [5, 5.41) is 6.10. The quantitative estimate of drug-likeness (QED) is 0.233. The first-order valence-electron chi connectivity index (χ1n) is 13.3. The standard InChI is InChI=1S/C29H32FN7O4/c1-29(27(38)32-13-5-15-39-2)17-40-26(41-18-29)25-36-23(19-7-9-20(30)10-8-19)24(37-25)22-11-14-33-28(35-22)34-16-21-6-3-4-12-31-21/h3-4,6-12,14,26H,5,13,15-18H2,1-2H3,(H,32,38)(H,36,37)(H,33,34,35). The van der Waals surface area contributed by atoms with E-state index in [0.29, 0.717) is 60.5 Å². The first-order chi connectivity index (χ1) is 19.9. The van der Waals surface area contributed by atoms with Crippen molar-refractivity contribution in [3.63, 3.8) is 0 Å². The van der Waals surface area contributed by atoms with Crippen molar-refractivity contribution in [1.29, 1.82) is 0 Å². The Morgan fingerprint density at radius 3 is 2.63 bits per heavy atom. The summed E-state index contributed by atoms with van der Waals surface area (Å²) in [6, 6.07) is 13.5. The Hall–Kier alpha value is -4.26. The zero-order valence-electron chi connectivity index (χ0n) is 22.9. The molecule has 1 aliphatic heterocycles. The third kappa shape index (κ3) is 6.91. The number of rotatable bonds is 11. The van der Waals surface area contributed by atoms with Crippen molar-refractivity contribution >= 4 is 11.9 Å². The Balaban J connectivity index is 1.36. The lowest BCUT2D eigenvalue weighted by molar-refractivity contribution is -0.231. The van der Waals surface area contributed by atoms with Crippen molar-refractivity contribution in [1.82, 2.24) is 30.2 Å². The molecule has 4 aromatic rings. The SMILES string of the molecule is COCCCNC(=O)C1(C)COC(c2nc(-c3ccc(F)cc3)c(-c3ccnc(NCc4ccccn4)n3)[nH]2)OC1. The second-order valence-corrected chi connectivity index (χ2v) is 9.91. The van der Waals surface area contributed by atoms with Crippen LogP contribution in [0, 0.1) is 11.2 Å². The number of pyridine rings is 1. The maximum atomic E-state index is 13.7. The Kier molecular flexibility index (Phi) is 8.92. The van der Waals surface area contributed by atoms with Crippen molar-refractivity contribution in [3.05, 3.63) is 78.3 Å². The number of hydrogen-bond donors (Lipinski definition) is 3. The molecular weight excluding hydrogens is 529 g/mol. The number of imidazole rings is 1. The smallest absolute Gasteiger partial charge is 0.230 e. The van der Waals surface area contributed by atoms with Gasteiger partial charge in [0.05, 0.1) is 47.9 Å². The van der Waals surface area contributed by atoms with Gasteiger partial charge in [0.2, 0.25) is 18.1 Å². The van der Waals surface area contributed by atoms with Crippen LogP contribution in [0.4, 0.5) is 10.3 Å². The molecule has 1 aromatic carbocycles. The number of nitrogens with zero attached hydrogens (tertiary/aromatic N) is 4. The van der Waals surface area contributed by atoms with Crippen molar-refractivity contribution in [2.24, 2.45) is 5.41 Å². The molecule has 4 heterocycles. The molecule has 0 radical (unpaired) electrons. The largest absolute Gasteiger partial charge is 0.385 e. The van der Waals surface area contributed by atoms with E-state index in [0.717, 1.165) is 5.69 Å². The number of anilines is 1. The topological polar surface area (TPSA) is 136 Å². The third-order valence-corrected chi connectivity index (χ3v) is 6.59. The molecule has 0 spiro atoms. The number of nitrogens with one attached hydrogen (secondary N) is 3. The monoisotopic (exact) mass is 561 g/mol. The summed E-state index contributed by atoms with van der Waals surface area (Å²) in [7, 11) is 1.62. The molecule has 1 fully saturated rings. The maximum absolute atomic E-state index is 13.7. The number of methoxy groups -OCH3 is 1. The fraction of sp³-hybridized carbons (Fsp3) is 0.345. The molecule has 0 atom stereocenters. The molecule has 3 aromatic heterocycles. The van der Waals surface area contributed by atoms with Crippen LogP contribution < -0.4 is 10.6 Å². The number of amides is 1. The van der Waals surface area contributed by atoms with Gasteiger partial charge in [-0.25, -0.2) is 19.3 Å². The molecule has 5 rings (SSSR count). The highest BCUT2D eigenvalue weighted by Gasteiger charge is 2.40. The average molecular weight is 562 g/mol. The number of ether oxygens (including phenoxy) is 3. The summed E-state index contributed by atoms with van der Waals surface area (Å²) >= 11 is 0. The molecule has 1 aliphatic rings. The van der Waals surface area contributed by atoms with Crippen LogP contribution in [0.1, 0.15) is 31.2 Å². The fourth-order valence-corrected chi connectivity index (χ4v) is 4.29. The van der Waals surface area contributed by atoms with Gasteiger partial charge in [0.1, 0.15) is 5.82 Å². The van der Waals surface area contributed by atoms with E-state index in [2.05, 4.69) is 30.6 Å². The lowest BCUT2D eigenvalue weighted by atomic mass is 9.91. The van der Waals surface area contributed by atoms with E-state index in [1.807, 2.05) is 18.2 Å². The van der Waals surface area contributed by atoms with Crippen LogP contribution in [0.25, 0.3) is 22.6 Å². The fourth-order valence-electron chi connectivity index (χ4n) is 4.29. The molecule has 214 valence electrons. The summed E-state index contributed by atoms with van der Waals surface area (Å²) in [5.41, 5.74) is 2.38. The van der Waals surface area contributed by atoms with Crippen LogP contribution >= 0.6 is 0 Å². The Morgan fingerprint density at radius 2 is 1.90 bits per heavy atom. The molecule has 41 heavy (non-hydrogen) atoms. The normalized spacial score (nSPS) is 18.7. The van der Waals surface area contributed by atoms with E-state index >= 15 is 0 Å². The number of aromatic nitrogens is 5. The Labute approximate surface area is 236 Å². The van der Waals surface area contributed by atoms with Crippen molar-refractivity contribution in [2.45, 2.75) is 26.2 Å². The van der Waals surface area contributed by atoms with Gasteiger partial charge in [-0.3, -0.25) is 9.78 Å². The predicted octanol–water partition coefficient (Wildman–Crippen LogP) is 3.88. The van der Waals surface area contributed by atoms with Gasteiger partial charge in [0.15, 0.2) is 5.82 Å². The summed E-state index contributed by atoms with van der Waals surface area (Å²) < 4.78 is 30.7. The number of halogens is 1. The van der Waals surface area contributed by atoms with Gasteiger partial charge < -0.3 is 29.8 Å². The number of aromatic amines is 1. The summed E-state index contributed by atoms with van der Waals surface area (Å²) in [6.45, 7) is 3.61. The number of carbonyl (C=O) groups excluding carboxylic acids is 1. The molecule has 0 unspecified atom stereocenters. The molecule has 0 aliphatic carbocycles. The molecule has 0 bridgehead atoms. The van der Waals surface area contributed by atoms with Crippen LogP contribution in [0.2, 0.25) is 0 Å². The minimum Gasteiger partial charge on any atom is -0.385 e. The molecule has 1 saturated heterocycles. The van der Waals surface area contributed by atoms with Crippen LogP contribution in [0.5, 0.6) is 0 Å². The second-order valence-electron chi connectivity index (χ2n) is 9.91. The number of carbonyl (C=O) groups is 1. The molecule has 0 saturated carbocycles. The molecular formula is C29H32FN7O4. The van der Waals surface area contributed by atoms with Gasteiger partial charge in [0.25, 0.3) is 0 Å². The van der Waals surface area contributed by atoms with E-state index in [1.165, 1.54) is 12.1 Å². The summed E-state index contributed by atoms with van der Waals surface area (Å²) in [4.78, 5) is 34.1. The lowest BCUT2D eigenvalue weighted by Gasteiger charge is -2.35. The predicted molar refractivity (Wildman–Crippen MR) is 149 cm³/mol. The molecule has 12 heteroatoms. The zero-order chi connectivity index (χ0) is 28.7. The van der Waals surface area contributed by atoms with Gasteiger partial charge in [-0.05, 0) is 55.8 Å². The van der Waals surface area contributed by atoms with Crippen LogP contribution in [-0.2, 0) is 25.5 Å². The zero-order valence-corrected chi connectivity index (χ0v) is 22.9. The second kappa shape index (κ2) is 12.9. The van der Waals surface area contributed by atoms with E-state index in [1.54, 1.807) is 44.6 Å². The first-order valence-corrected chi connectivity index (χ1v) is 13.3. The highest BCUT2D eigenvalue weighted by molar-refractivity contribution is 5.82. The molecule has 1 amide bonds. The highest BCUT2D eigenvalue weighted by Crippen LogP contribution is 2.35. The van der Waals surface area contributed by atoms with Crippen molar-refractivity contribution in [2.75, 3.05) is 38.8 Å². The molecule has 11 nitrogen and oxygen atoms in total. The maximum Gasteiger partial charge on any atom is 0.230 e. The number of H-pyrrole nitrogens is 1. The number of hydrogen-bond acceptors (Lipinski definition) is 9. The van der Waals surface area contributed by atoms with E-state index in [4.69, 9.17) is 19.2 Å². The summed E-state index contributed by atoms with van der Waals surface area (Å²) in [6.07, 6.45) is 3.25. The Bertz CT molecular complexity index is 1440. The van der Waals surface area contributed by atoms with E-state index in [9.17, 15) is 9.18 Å². The first kappa shape index (κ1) is 28.3. The van der Waals surface area contributed by atoms with Crippen LogP contribution in [0.15, 0.2) is 60.9 Å².